The van der Waals surface area contributed by atoms with Crippen molar-refractivity contribution in [3.63, 3.8) is 0 Å². The van der Waals surface area contributed by atoms with Crippen molar-refractivity contribution in [2.75, 3.05) is 26.9 Å². The molecule has 0 bridgehead atoms. The number of ether oxygens (including phenoxy) is 3. The maximum absolute atomic E-state index is 10.9. The van der Waals surface area contributed by atoms with Crippen LogP contribution in [-0.2, 0) is 19.0 Å². The van der Waals surface area contributed by atoms with E-state index < -0.39 is 12.0 Å². The van der Waals surface area contributed by atoms with Gasteiger partial charge in [0.05, 0.1) is 32.5 Å². The van der Waals surface area contributed by atoms with Crippen LogP contribution in [0.2, 0.25) is 0 Å². The van der Waals surface area contributed by atoms with Gasteiger partial charge in [-0.05, 0) is 20.8 Å². The molecule has 1 unspecified atom stereocenters. The standard InChI is InChI=1S/C10H21NO4/c1-10(2,3)15-6-5-14-7-8(11)9(12)13-4/h8H,5-7,11H2,1-4H3. The molecule has 0 aliphatic rings. The third kappa shape index (κ3) is 8.35. The zero-order valence-corrected chi connectivity index (χ0v) is 9.91. The van der Waals surface area contributed by atoms with Gasteiger partial charge in [0.25, 0.3) is 0 Å². The van der Waals surface area contributed by atoms with Crippen LogP contribution >= 0.6 is 0 Å². The molecule has 1 atom stereocenters. The number of hydrogen-bond acceptors (Lipinski definition) is 5. The van der Waals surface area contributed by atoms with E-state index in [1.54, 1.807) is 0 Å². The van der Waals surface area contributed by atoms with Crippen molar-refractivity contribution in [3.8, 4) is 0 Å². The van der Waals surface area contributed by atoms with E-state index in [4.69, 9.17) is 15.2 Å². The largest absolute Gasteiger partial charge is 0.468 e. The van der Waals surface area contributed by atoms with Crippen molar-refractivity contribution in [3.05, 3.63) is 0 Å². The molecule has 0 fully saturated rings. The minimum atomic E-state index is -0.718. The number of nitrogens with two attached hydrogens (primary N) is 1. The van der Waals surface area contributed by atoms with Crippen LogP contribution in [0.1, 0.15) is 20.8 Å². The van der Waals surface area contributed by atoms with Crippen LogP contribution in [0.3, 0.4) is 0 Å². The van der Waals surface area contributed by atoms with Crippen molar-refractivity contribution in [2.24, 2.45) is 5.73 Å². The van der Waals surface area contributed by atoms with Gasteiger partial charge in [-0.2, -0.15) is 0 Å². The summed E-state index contributed by atoms with van der Waals surface area (Å²) in [5.74, 6) is -0.466. The molecule has 5 heteroatoms. The first-order chi connectivity index (χ1) is 6.87. The van der Waals surface area contributed by atoms with Crippen LogP contribution in [0, 0.1) is 0 Å². The molecule has 0 aliphatic carbocycles. The minimum Gasteiger partial charge on any atom is -0.468 e. The first kappa shape index (κ1) is 14.3. The Morgan fingerprint density at radius 2 is 1.93 bits per heavy atom. The first-order valence-electron chi connectivity index (χ1n) is 4.92. The second-order valence-corrected chi connectivity index (χ2v) is 4.17. The monoisotopic (exact) mass is 219 g/mol. The Labute approximate surface area is 90.9 Å². The summed E-state index contributed by atoms with van der Waals surface area (Å²) in [6.45, 7) is 6.95. The third-order valence-corrected chi connectivity index (χ3v) is 1.56. The number of carbonyl (C=O) groups is 1. The predicted molar refractivity (Wildman–Crippen MR) is 56.5 cm³/mol. The van der Waals surface area contributed by atoms with Crippen molar-refractivity contribution in [1.29, 1.82) is 0 Å². The Morgan fingerprint density at radius 3 is 2.40 bits per heavy atom. The lowest BCUT2D eigenvalue weighted by Crippen LogP contribution is -2.36. The molecule has 0 saturated heterocycles. The van der Waals surface area contributed by atoms with Gasteiger partial charge in [-0.25, -0.2) is 0 Å². The topological polar surface area (TPSA) is 70.8 Å². The number of esters is 1. The molecule has 0 rings (SSSR count). The molecule has 0 radical (unpaired) electrons. The lowest BCUT2D eigenvalue weighted by molar-refractivity contribution is -0.144. The average molecular weight is 219 g/mol. The number of methoxy groups -OCH3 is 1. The summed E-state index contributed by atoms with van der Waals surface area (Å²) in [5.41, 5.74) is 5.28. The van der Waals surface area contributed by atoms with Gasteiger partial charge in [0.15, 0.2) is 0 Å². The summed E-state index contributed by atoms with van der Waals surface area (Å²) in [4.78, 5) is 10.9. The molecule has 0 saturated carbocycles. The van der Waals surface area contributed by atoms with Crippen LogP contribution in [0.4, 0.5) is 0 Å². The van der Waals surface area contributed by atoms with Gasteiger partial charge in [-0.15, -0.1) is 0 Å². The summed E-state index contributed by atoms with van der Waals surface area (Å²) in [5, 5.41) is 0. The second-order valence-electron chi connectivity index (χ2n) is 4.17. The normalized spacial score (nSPS) is 13.7. The van der Waals surface area contributed by atoms with Crippen molar-refractivity contribution >= 4 is 5.97 Å². The molecular weight excluding hydrogens is 198 g/mol. The highest BCUT2D eigenvalue weighted by Gasteiger charge is 2.14. The van der Waals surface area contributed by atoms with Crippen LogP contribution in [-0.4, -0.2) is 44.5 Å². The SMILES string of the molecule is COC(=O)C(N)COCCOC(C)(C)C. The molecule has 0 heterocycles. The fourth-order valence-electron chi connectivity index (χ4n) is 0.836. The van der Waals surface area contributed by atoms with E-state index in [-0.39, 0.29) is 12.2 Å². The molecule has 0 aromatic heterocycles. The summed E-state index contributed by atoms with van der Waals surface area (Å²) >= 11 is 0. The molecule has 0 spiro atoms. The second kappa shape index (κ2) is 6.76. The van der Waals surface area contributed by atoms with Crippen molar-refractivity contribution in [2.45, 2.75) is 32.4 Å². The Bertz CT molecular complexity index is 188. The van der Waals surface area contributed by atoms with Crippen molar-refractivity contribution < 1.29 is 19.0 Å². The van der Waals surface area contributed by atoms with Crippen LogP contribution < -0.4 is 5.73 Å². The molecule has 0 aromatic rings. The molecule has 2 N–H and O–H groups in total. The fourth-order valence-corrected chi connectivity index (χ4v) is 0.836. The molecular formula is C10H21NO4. The Kier molecular flexibility index (Phi) is 6.47. The molecule has 5 nitrogen and oxygen atoms in total. The van der Waals surface area contributed by atoms with E-state index in [1.807, 2.05) is 20.8 Å². The quantitative estimate of drug-likeness (QED) is 0.514. The fraction of sp³-hybridized carbons (Fsp3) is 0.900. The summed E-state index contributed by atoms with van der Waals surface area (Å²) < 4.78 is 15.0. The molecule has 0 aromatic carbocycles. The Morgan fingerprint density at radius 1 is 1.33 bits per heavy atom. The Balaban J connectivity index is 3.43. The maximum atomic E-state index is 10.9. The van der Waals surface area contributed by atoms with Gasteiger partial charge in [0.1, 0.15) is 6.04 Å². The van der Waals surface area contributed by atoms with E-state index in [1.165, 1.54) is 7.11 Å². The highest BCUT2D eigenvalue weighted by Crippen LogP contribution is 2.05. The average Bonchev–Trinajstić information content (AvgIpc) is 2.14. The molecule has 15 heavy (non-hydrogen) atoms. The third-order valence-electron chi connectivity index (χ3n) is 1.56. The number of rotatable bonds is 6. The molecule has 90 valence electrons. The van der Waals surface area contributed by atoms with E-state index in [2.05, 4.69) is 4.74 Å². The highest BCUT2D eigenvalue weighted by molar-refractivity contribution is 5.75. The van der Waals surface area contributed by atoms with E-state index in [0.717, 1.165) is 0 Å². The van der Waals surface area contributed by atoms with Gasteiger partial charge in [0, 0.05) is 0 Å². The van der Waals surface area contributed by atoms with E-state index in [9.17, 15) is 4.79 Å². The van der Waals surface area contributed by atoms with Crippen molar-refractivity contribution in [1.82, 2.24) is 0 Å². The lowest BCUT2D eigenvalue weighted by Gasteiger charge is -2.19. The van der Waals surface area contributed by atoms with Crippen LogP contribution in [0.15, 0.2) is 0 Å². The van der Waals surface area contributed by atoms with Gasteiger partial charge in [0.2, 0.25) is 0 Å². The van der Waals surface area contributed by atoms with Crippen LogP contribution in [0.25, 0.3) is 0 Å². The highest BCUT2D eigenvalue weighted by atomic mass is 16.5. The molecule has 0 aliphatic heterocycles. The van der Waals surface area contributed by atoms with E-state index in [0.29, 0.717) is 13.2 Å². The maximum Gasteiger partial charge on any atom is 0.325 e. The molecule has 0 amide bonds. The van der Waals surface area contributed by atoms with Crippen LogP contribution in [0.5, 0.6) is 0 Å². The van der Waals surface area contributed by atoms with E-state index >= 15 is 0 Å². The zero-order chi connectivity index (χ0) is 11.9. The van der Waals surface area contributed by atoms with Gasteiger partial charge < -0.3 is 19.9 Å². The van der Waals surface area contributed by atoms with Gasteiger partial charge in [-0.1, -0.05) is 0 Å². The zero-order valence-electron chi connectivity index (χ0n) is 9.91. The summed E-state index contributed by atoms with van der Waals surface area (Å²) in [6, 6.07) is -0.718. The first-order valence-corrected chi connectivity index (χ1v) is 4.92. The number of hydrogen-bond donors (Lipinski definition) is 1. The summed E-state index contributed by atoms with van der Waals surface area (Å²) in [7, 11) is 1.30. The number of carbonyl (C=O) groups excluding carboxylic acids is 1. The summed E-state index contributed by atoms with van der Waals surface area (Å²) in [6.07, 6.45) is 0. The Hall–Kier alpha value is -0.650. The minimum absolute atomic E-state index is 0.153. The smallest absolute Gasteiger partial charge is 0.325 e. The van der Waals surface area contributed by atoms with Gasteiger partial charge >= 0.3 is 5.97 Å². The predicted octanol–water partition coefficient (Wildman–Crippen LogP) is 0.318. The lowest BCUT2D eigenvalue weighted by atomic mass is 10.2. The van der Waals surface area contributed by atoms with Gasteiger partial charge in [-0.3, -0.25) is 4.79 Å².